The number of nitrogens with one attached hydrogen (secondary N) is 2. The summed E-state index contributed by atoms with van der Waals surface area (Å²) in [5.41, 5.74) is -3.74. The lowest BCUT2D eigenvalue weighted by Crippen LogP contribution is -2.38. The molecule has 12 nitrogen and oxygen atoms in total. The molecule has 6 aromatic rings. The van der Waals surface area contributed by atoms with Gasteiger partial charge in [-0.2, -0.15) is 45.9 Å². The molecule has 0 saturated heterocycles. The lowest BCUT2D eigenvalue weighted by molar-refractivity contribution is -0.285. The Kier molecular flexibility index (Phi) is 12.1. The van der Waals surface area contributed by atoms with Gasteiger partial charge in [0.15, 0.2) is 11.5 Å². The second-order valence-electron chi connectivity index (χ2n) is 14.5. The first kappa shape index (κ1) is 45.4. The number of anilines is 1. The highest BCUT2D eigenvalue weighted by Crippen LogP contribution is 2.48. The number of benzene rings is 2. The van der Waals surface area contributed by atoms with E-state index in [0.717, 1.165) is 47.7 Å². The van der Waals surface area contributed by atoms with Crippen molar-refractivity contribution in [3.8, 4) is 11.6 Å². The summed E-state index contributed by atoms with van der Waals surface area (Å²) in [5.74, 6) is -14.3. The van der Waals surface area contributed by atoms with Crippen LogP contribution in [0.25, 0.3) is 27.6 Å². The molecule has 0 saturated carbocycles. The van der Waals surface area contributed by atoms with Crippen molar-refractivity contribution in [3.63, 3.8) is 0 Å². The monoisotopic (exact) mass is 937 g/mol. The Labute approximate surface area is 356 Å². The van der Waals surface area contributed by atoms with Crippen molar-refractivity contribution >= 4 is 57.2 Å². The van der Waals surface area contributed by atoms with E-state index in [2.05, 4.69) is 30.2 Å². The van der Waals surface area contributed by atoms with Gasteiger partial charge >= 0.3 is 12.1 Å². The summed E-state index contributed by atoms with van der Waals surface area (Å²) in [7, 11) is 1.50. The van der Waals surface area contributed by atoms with Crippen LogP contribution in [0.4, 0.5) is 54.1 Å². The number of amides is 1. The third-order valence-electron chi connectivity index (χ3n) is 10.2. The number of ether oxygens (including phenoxy) is 1. The topological polar surface area (TPSA) is 134 Å². The number of alkyl halides is 9. The van der Waals surface area contributed by atoms with Gasteiger partial charge in [-0.25, -0.2) is 22.5 Å². The number of aryl methyl sites for hydroxylation is 1. The fourth-order valence-corrected chi connectivity index (χ4v) is 7.92. The Morgan fingerprint density at radius 3 is 2.40 bits per heavy atom. The number of hydrogen-bond acceptors (Lipinski definition) is 9. The van der Waals surface area contributed by atoms with Gasteiger partial charge in [0.25, 0.3) is 17.9 Å². The van der Waals surface area contributed by atoms with Crippen molar-refractivity contribution in [2.75, 3.05) is 17.6 Å². The van der Waals surface area contributed by atoms with Crippen LogP contribution in [0.5, 0.6) is 5.88 Å². The van der Waals surface area contributed by atoms with E-state index in [1.165, 1.54) is 23.9 Å². The highest BCUT2D eigenvalue weighted by atomic mass is 35.5. The largest absolute Gasteiger partial charge is 0.477 e. The maximum atomic E-state index is 15.4. The van der Waals surface area contributed by atoms with E-state index in [1.54, 1.807) is 6.26 Å². The second kappa shape index (κ2) is 16.8. The number of halogens is 12. The molecular formula is C38H31ClF11N9O3S. The van der Waals surface area contributed by atoms with Gasteiger partial charge in [0.2, 0.25) is 11.8 Å². The minimum atomic E-state index is -5.88. The molecule has 2 unspecified atom stereocenters. The number of hydrogen-bond donors (Lipinski definition) is 2. The Morgan fingerprint density at radius 1 is 1.05 bits per heavy atom. The molecule has 2 aromatic carbocycles. The zero-order valence-corrected chi connectivity index (χ0v) is 34.2. The number of rotatable bonds is 14. The average Bonchev–Trinajstić information content (AvgIpc) is 3.79. The molecule has 4 aromatic heterocycles. The molecule has 1 aliphatic carbocycles. The van der Waals surface area contributed by atoms with Gasteiger partial charge in [-0.3, -0.25) is 23.5 Å². The molecule has 2 atom stereocenters. The summed E-state index contributed by atoms with van der Waals surface area (Å²) in [6.45, 7) is -1.16. The van der Waals surface area contributed by atoms with Gasteiger partial charge in [0, 0.05) is 43.3 Å². The number of carbonyl (C=O) groups excluding carboxylic acids is 1. The summed E-state index contributed by atoms with van der Waals surface area (Å²) in [6.07, 6.45) is -10.3. The summed E-state index contributed by atoms with van der Waals surface area (Å²) >= 11 is 7.77. The van der Waals surface area contributed by atoms with Crippen LogP contribution in [-0.4, -0.2) is 65.0 Å². The molecule has 0 aliphatic heterocycles. The lowest BCUT2D eigenvalue weighted by Gasteiger charge is -2.24. The van der Waals surface area contributed by atoms with Gasteiger partial charge in [-0.15, -0.1) is 0 Å². The number of carbonyl (C=O) groups is 1. The zero-order valence-electron chi connectivity index (χ0n) is 32.6. The highest BCUT2D eigenvalue weighted by molar-refractivity contribution is 7.99. The van der Waals surface area contributed by atoms with E-state index < -0.39 is 126 Å². The van der Waals surface area contributed by atoms with Crippen molar-refractivity contribution in [2.45, 2.75) is 63.2 Å². The van der Waals surface area contributed by atoms with Crippen LogP contribution < -0.4 is 20.3 Å². The summed E-state index contributed by atoms with van der Waals surface area (Å²) in [6, 6.07) is 5.48. The molecule has 0 fully saturated rings. The minimum absolute atomic E-state index is 0.00701. The van der Waals surface area contributed by atoms with Gasteiger partial charge in [-0.1, -0.05) is 30.5 Å². The SMILES string of the molecule is CSNc1nn(C)c2c(-n3c(C(Cc4cc(F)cc(F)c4)NC(=O)Cn4nc(C(F)F)c5c4C(F)(F)C(C)C5)nc4nc(OCCC(F)(F)C(F)(F)F)ccc4c3=O)ccc(Cl)c12. The van der Waals surface area contributed by atoms with Gasteiger partial charge in [0.1, 0.15) is 35.4 Å². The first-order valence-electron chi connectivity index (χ1n) is 18.5. The van der Waals surface area contributed by atoms with Gasteiger partial charge < -0.3 is 14.8 Å². The number of nitrogens with zero attached hydrogens (tertiary/aromatic N) is 7. The highest BCUT2D eigenvalue weighted by Gasteiger charge is 2.57. The Morgan fingerprint density at radius 2 is 1.75 bits per heavy atom. The first-order valence-corrected chi connectivity index (χ1v) is 20.1. The molecule has 4 heterocycles. The van der Waals surface area contributed by atoms with Crippen LogP contribution in [0, 0.1) is 17.6 Å². The van der Waals surface area contributed by atoms with Crippen LogP contribution in [0.2, 0.25) is 5.02 Å². The number of fused-ring (bicyclic) bond motifs is 3. The average molecular weight is 938 g/mol. The molecule has 1 aliphatic rings. The summed E-state index contributed by atoms with van der Waals surface area (Å²) in [4.78, 5) is 37.3. The van der Waals surface area contributed by atoms with Crippen molar-refractivity contribution in [1.29, 1.82) is 0 Å². The smallest absolute Gasteiger partial charge is 0.453 e. The maximum absolute atomic E-state index is 15.4. The normalized spacial score (nSPS) is 15.7. The van der Waals surface area contributed by atoms with Crippen LogP contribution >= 0.6 is 23.5 Å². The van der Waals surface area contributed by atoms with E-state index in [1.807, 2.05) is 0 Å². The van der Waals surface area contributed by atoms with Crippen molar-refractivity contribution in [1.82, 2.24) is 39.4 Å². The van der Waals surface area contributed by atoms with Crippen LogP contribution in [0.15, 0.2) is 47.3 Å². The molecule has 0 bridgehead atoms. The Bertz CT molecular complexity index is 2790. The maximum Gasteiger partial charge on any atom is 0.453 e. The quantitative estimate of drug-likeness (QED) is 0.0813. The molecule has 1 amide bonds. The fourth-order valence-electron chi connectivity index (χ4n) is 7.34. The molecule has 0 radical (unpaired) electrons. The predicted molar refractivity (Wildman–Crippen MR) is 208 cm³/mol. The predicted octanol–water partition coefficient (Wildman–Crippen LogP) is 8.77. The minimum Gasteiger partial charge on any atom is -0.477 e. The fraction of sp³-hybridized carbons (Fsp3) is 0.368. The Balaban J connectivity index is 1.41. The molecule has 336 valence electrons. The third-order valence-corrected chi connectivity index (χ3v) is 10.9. The standard InChI is InChI=1S/C38H31ClF11N9O3S/c1-16-10-21-28(31(42)43)54-58(30(21)37(16,46)47)15-25(60)51-23(13-17-11-18(40)14-19(41)12-17)34-53-32-20(4-7-26(52-32)62-9-8-36(44,45)38(48,49)50)35(61)59(34)24-6-5-22(39)27-29(24)57(2)55-33(27)56-63-3/h4-7,11-12,14,16,23,31H,8-10,13,15H2,1-3H3,(H,51,60)(H,55,56). The molecule has 2 N–H and O–H groups in total. The van der Waals surface area contributed by atoms with E-state index in [0.29, 0.717) is 10.7 Å². The zero-order chi connectivity index (χ0) is 45.9. The van der Waals surface area contributed by atoms with Crippen LogP contribution in [0.1, 0.15) is 54.2 Å². The van der Waals surface area contributed by atoms with E-state index in [4.69, 9.17) is 16.3 Å². The second-order valence-corrected chi connectivity index (χ2v) is 15.5. The van der Waals surface area contributed by atoms with Crippen molar-refractivity contribution < 1.29 is 57.8 Å². The lowest BCUT2D eigenvalue weighted by atomic mass is 10.0. The summed E-state index contributed by atoms with van der Waals surface area (Å²) < 4.78 is 165. The van der Waals surface area contributed by atoms with E-state index in [-0.39, 0.29) is 38.4 Å². The van der Waals surface area contributed by atoms with E-state index in [9.17, 15) is 49.1 Å². The third kappa shape index (κ3) is 8.57. The van der Waals surface area contributed by atoms with Crippen molar-refractivity contribution in [2.24, 2.45) is 13.0 Å². The molecule has 7 rings (SSSR count). The number of pyridine rings is 1. The van der Waals surface area contributed by atoms with Crippen molar-refractivity contribution in [3.05, 3.63) is 97.8 Å². The molecule has 0 spiro atoms. The summed E-state index contributed by atoms with van der Waals surface area (Å²) in [5, 5.41) is 10.7. The van der Waals surface area contributed by atoms with E-state index >= 15 is 8.78 Å². The van der Waals surface area contributed by atoms with Gasteiger partial charge in [-0.05, 0) is 42.3 Å². The van der Waals surface area contributed by atoms with Gasteiger partial charge in [0.05, 0.1) is 46.1 Å². The molecule has 25 heteroatoms. The molecular weight excluding hydrogens is 907 g/mol. The first-order chi connectivity index (χ1) is 29.5. The van der Waals surface area contributed by atoms with Crippen LogP contribution in [-0.2, 0) is 37.2 Å². The number of aromatic nitrogens is 7. The molecule has 63 heavy (non-hydrogen) atoms. The van der Waals surface area contributed by atoms with Crippen LogP contribution in [0.3, 0.4) is 0 Å². The Hall–Kier alpha value is -5.65.